The molecule has 0 unspecified atom stereocenters. The van der Waals surface area contributed by atoms with E-state index in [-0.39, 0.29) is 5.92 Å². The number of furan rings is 1. The zero-order valence-corrected chi connectivity index (χ0v) is 13.6. The average Bonchev–Trinajstić information content (AvgIpc) is 2.99. The molecule has 4 aromatic rings. The van der Waals surface area contributed by atoms with E-state index in [0.717, 1.165) is 38.8 Å². The molecule has 24 heavy (non-hydrogen) atoms. The van der Waals surface area contributed by atoms with Crippen molar-refractivity contribution in [1.82, 2.24) is 4.98 Å². The summed E-state index contributed by atoms with van der Waals surface area (Å²) in [4.78, 5) is 4.45. The highest BCUT2D eigenvalue weighted by molar-refractivity contribution is 6.10. The molecule has 0 amide bonds. The van der Waals surface area contributed by atoms with Crippen molar-refractivity contribution in [1.29, 1.82) is 5.26 Å². The fourth-order valence-electron chi connectivity index (χ4n) is 3.28. The number of nitriles is 1. The predicted octanol–water partition coefficient (Wildman–Crippen LogP) is 5.64. The minimum Gasteiger partial charge on any atom is -0.455 e. The summed E-state index contributed by atoms with van der Waals surface area (Å²) >= 11 is 0. The van der Waals surface area contributed by atoms with E-state index >= 15 is 0 Å². The van der Waals surface area contributed by atoms with E-state index < -0.39 is 0 Å². The van der Waals surface area contributed by atoms with Gasteiger partial charge in [-0.25, -0.2) is 0 Å². The summed E-state index contributed by atoms with van der Waals surface area (Å²) in [7, 11) is 0. The Morgan fingerprint density at radius 3 is 2.50 bits per heavy atom. The largest absolute Gasteiger partial charge is 0.455 e. The lowest BCUT2D eigenvalue weighted by Gasteiger charge is -2.07. The maximum absolute atomic E-state index is 9.43. The van der Waals surface area contributed by atoms with Gasteiger partial charge in [0.05, 0.1) is 17.3 Å². The van der Waals surface area contributed by atoms with Crippen LogP contribution >= 0.6 is 0 Å². The van der Waals surface area contributed by atoms with E-state index in [4.69, 9.17) is 4.42 Å². The lowest BCUT2D eigenvalue weighted by atomic mass is 9.95. The molecule has 2 aromatic heterocycles. The number of aromatic nitrogens is 1. The van der Waals surface area contributed by atoms with Crippen molar-refractivity contribution in [3.05, 3.63) is 65.9 Å². The first-order chi connectivity index (χ1) is 11.7. The third-order valence-corrected chi connectivity index (χ3v) is 4.34. The van der Waals surface area contributed by atoms with Crippen LogP contribution in [-0.4, -0.2) is 4.98 Å². The second-order valence-electron chi connectivity index (χ2n) is 6.17. The Hall–Kier alpha value is -3.12. The molecule has 3 nitrogen and oxygen atoms in total. The fourth-order valence-corrected chi connectivity index (χ4v) is 3.28. The van der Waals surface area contributed by atoms with E-state index in [2.05, 4.69) is 31.0 Å². The van der Waals surface area contributed by atoms with Crippen LogP contribution in [-0.2, 0) is 0 Å². The molecule has 0 radical (unpaired) electrons. The molecule has 0 aliphatic heterocycles. The molecule has 0 aliphatic carbocycles. The van der Waals surface area contributed by atoms with Gasteiger partial charge in [-0.05, 0) is 36.2 Å². The van der Waals surface area contributed by atoms with Gasteiger partial charge >= 0.3 is 0 Å². The number of benzene rings is 2. The normalized spacial score (nSPS) is 11.2. The first-order valence-corrected chi connectivity index (χ1v) is 8.00. The molecule has 0 saturated heterocycles. The molecular weight excluding hydrogens is 296 g/mol. The fraction of sp³-hybridized carbons (Fsp3) is 0.143. The summed E-state index contributed by atoms with van der Waals surface area (Å²) in [5.74, 6) is 0.210. The van der Waals surface area contributed by atoms with Gasteiger partial charge in [0.15, 0.2) is 0 Å². The molecule has 0 spiro atoms. The highest BCUT2D eigenvalue weighted by Crippen LogP contribution is 2.39. The molecule has 0 aliphatic rings. The van der Waals surface area contributed by atoms with Gasteiger partial charge < -0.3 is 4.42 Å². The summed E-state index contributed by atoms with van der Waals surface area (Å²) in [6.07, 6.45) is 1.78. The molecular formula is C21H16N2O. The second kappa shape index (κ2) is 5.50. The van der Waals surface area contributed by atoms with Gasteiger partial charge in [-0.2, -0.15) is 5.26 Å². The van der Waals surface area contributed by atoms with Crippen LogP contribution in [0.2, 0.25) is 0 Å². The Morgan fingerprint density at radius 2 is 1.79 bits per heavy atom. The van der Waals surface area contributed by atoms with E-state index in [9.17, 15) is 5.26 Å². The van der Waals surface area contributed by atoms with Crippen molar-refractivity contribution in [2.24, 2.45) is 0 Å². The van der Waals surface area contributed by atoms with Crippen LogP contribution in [0.5, 0.6) is 0 Å². The van der Waals surface area contributed by atoms with Gasteiger partial charge in [-0.1, -0.05) is 32.0 Å². The Bertz CT molecular complexity index is 1090. The van der Waals surface area contributed by atoms with Crippen molar-refractivity contribution in [3.8, 4) is 17.3 Å². The van der Waals surface area contributed by atoms with Crippen LogP contribution in [0.1, 0.15) is 30.9 Å². The zero-order valence-electron chi connectivity index (χ0n) is 13.6. The number of hydrogen-bond acceptors (Lipinski definition) is 3. The van der Waals surface area contributed by atoms with Gasteiger partial charge in [0.25, 0.3) is 0 Å². The van der Waals surface area contributed by atoms with Crippen LogP contribution in [0.4, 0.5) is 0 Å². The monoisotopic (exact) mass is 312 g/mol. The highest BCUT2D eigenvalue weighted by Gasteiger charge is 2.19. The second-order valence-corrected chi connectivity index (χ2v) is 6.17. The SMILES string of the molecule is CC(C)c1c(C#N)ccc2c1oc1c(-c3ccccn3)cccc12. The summed E-state index contributed by atoms with van der Waals surface area (Å²) in [6.45, 7) is 4.17. The molecule has 4 rings (SSSR count). The molecule has 0 saturated carbocycles. The highest BCUT2D eigenvalue weighted by atomic mass is 16.3. The minimum absolute atomic E-state index is 0.210. The Labute approximate surface area is 140 Å². The lowest BCUT2D eigenvalue weighted by molar-refractivity contribution is 0.657. The Balaban J connectivity index is 2.13. The maximum Gasteiger partial charge on any atom is 0.144 e. The van der Waals surface area contributed by atoms with E-state index in [1.54, 1.807) is 6.20 Å². The van der Waals surface area contributed by atoms with Gasteiger partial charge in [0.1, 0.15) is 11.2 Å². The van der Waals surface area contributed by atoms with Gasteiger partial charge in [-0.15, -0.1) is 0 Å². The van der Waals surface area contributed by atoms with Crippen molar-refractivity contribution in [3.63, 3.8) is 0 Å². The summed E-state index contributed by atoms with van der Waals surface area (Å²) in [6, 6.07) is 18.1. The molecule has 2 heterocycles. The van der Waals surface area contributed by atoms with Crippen LogP contribution in [0.15, 0.2) is 59.1 Å². The average molecular weight is 312 g/mol. The first kappa shape index (κ1) is 14.5. The summed E-state index contributed by atoms with van der Waals surface area (Å²) in [5, 5.41) is 11.5. The molecule has 0 atom stereocenters. The molecule has 0 N–H and O–H groups in total. The molecule has 0 fully saturated rings. The van der Waals surface area contributed by atoms with Crippen LogP contribution in [0, 0.1) is 11.3 Å². The Morgan fingerprint density at radius 1 is 0.958 bits per heavy atom. The smallest absolute Gasteiger partial charge is 0.144 e. The Kier molecular flexibility index (Phi) is 3.32. The maximum atomic E-state index is 9.43. The van der Waals surface area contributed by atoms with E-state index in [1.165, 1.54) is 0 Å². The van der Waals surface area contributed by atoms with Gasteiger partial charge in [0.2, 0.25) is 0 Å². The van der Waals surface area contributed by atoms with Crippen molar-refractivity contribution >= 4 is 21.9 Å². The number of hydrogen-bond donors (Lipinski definition) is 0. The van der Waals surface area contributed by atoms with Gasteiger partial charge in [0, 0.05) is 28.1 Å². The molecule has 116 valence electrons. The topological polar surface area (TPSA) is 49.8 Å². The first-order valence-electron chi connectivity index (χ1n) is 8.00. The number of para-hydroxylation sites is 1. The van der Waals surface area contributed by atoms with Crippen molar-refractivity contribution in [2.75, 3.05) is 0 Å². The standard InChI is InChI=1S/C21H16N2O/c1-13(2)19-14(12-22)9-10-16-15-6-5-7-17(20(15)24-21(16)19)18-8-3-4-11-23-18/h3-11,13H,1-2H3. The molecule has 3 heteroatoms. The number of nitrogens with zero attached hydrogens (tertiary/aromatic N) is 2. The van der Waals surface area contributed by atoms with Crippen molar-refractivity contribution in [2.45, 2.75) is 19.8 Å². The summed E-state index contributed by atoms with van der Waals surface area (Å²) < 4.78 is 6.28. The predicted molar refractivity (Wildman–Crippen MR) is 95.8 cm³/mol. The summed E-state index contributed by atoms with van der Waals surface area (Å²) in [5.41, 5.74) is 5.13. The number of fused-ring (bicyclic) bond motifs is 3. The lowest BCUT2D eigenvalue weighted by Crippen LogP contribution is -1.93. The molecule has 0 bridgehead atoms. The van der Waals surface area contributed by atoms with Crippen molar-refractivity contribution < 1.29 is 4.42 Å². The van der Waals surface area contributed by atoms with Crippen LogP contribution in [0.25, 0.3) is 33.2 Å². The van der Waals surface area contributed by atoms with Crippen LogP contribution < -0.4 is 0 Å². The zero-order chi connectivity index (χ0) is 16.7. The van der Waals surface area contributed by atoms with E-state index in [1.807, 2.05) is 42.5 Å². The van der Waals surface area contributed by atoms with E-state index in [0.29, 0.717) is 5.56 Å². The quantitative estimate of drug-likeness (QED) is 0.481. The number of rotatable bonds is 2. The van der Waals surface area contributed by atoms with Crippen LogP contribution in [0.3, 0.4) is 0 Å². The third-order valence-electron chi connectivity index (χ3n) is 4.34. The number of pyridine rings is 1. The third kappa shape index (κ3) is 2.08. The minimum atomic E-state index is 0.210. The molecule has 2 aromatic carbocycles. The van der Waals surface area contributed by atoms with Gasteiger partial charge in [-0.3, -0.25) is 4.98 Å².